The Morgan fingerprint density at radius 2 is 0.795 bits per heavy atom. The normalized spacial score (nSPS) is 16.6. The molecule has 5 aromatic carbocycles. The molecule has 0 saturated carbocycles. The zero-order valence-electron chi connectivity index (χ0n) is 21.5. The molecule has 6 aromatic rings. The first-order valence-electron chi connectivity index (χ1n) is 13.4. The molecule has 1 aromatic heterocycles. The van der Waals surface area contributed by atoms with Crippen LogP contribution >= 0.6 is 15.8 Å². The number of hydrogen-bond donors (Lipinski definition) is 0. The van der Waals surface area contributed by atoms with E-state index in [4.69, 9.17) is 4.42 Å². The molecule has 0 amide bonds. The standard InChI is InChI=1S/C36H28OP2/c1-5-15-27(16-6-1)38(28-17-7-2-8-18-28)35-25-32-31-23-13-14-24-33(31)37-34(32)26-36(35)39(29-19-9-3-10-20-29)30-21-11-4-12-22-30/h1-26,35-36H. The number of fused-ring (bicyclic) bond motifs is 3. The van der Waals surface area contributed by atoms with Crippen molar-refractivity contribution in [2.24, 2.45) is 0 Å². The van der Waals surface area contributed by atoms with Gasteiger partial charge in [-0.25, -0.2) is 0 Å². The molecule has 39 heavy (non-hydrogen) atoms. The molecular weight excluding hydrogens is 510 g/mol. The summed E-state index contributed by atoms with van der Waals surface area (Å²) >= 11 is 0. The quantitative estimate of drug-likeness (QED) is 0.237. The van der Waals surface area contributed by atoms with Crippen molar-refractivity contribution in [2.45, 2.75) is 11.3 Å². The van der Waals surface area contributed by atoms with Crippen LogP contribution in [0.2, 0.25) is 0 Å². The molecule has 3 heteroatoms. The first-order chi connectivity index (χ1) is 19.4. The van der Waals surface area contributed by atoms with Crippen LogP contribution in [-0.4, -0.2) is 11.3 Å². The van der Waals surface area contributed by atoms with Crippen LogP contribution in [0.25, 0.3) is 23.1 Å². The minimum Gasteiger partial charge on any atom is -0.456 e. The van der Waals surface area contributed by atoms with Crippen LogP contribution in [-0.2, 0) is 0 Å². The van der Waals surface area contributed by atoms with Crippen LogP contribution < -0.4 is 31.9 Å². The number of benzene rings is 5. The van der Waals surface area contributed by atoms with E-state index in [0.29, 0.717) is 5.66 Å². The van der Waals surface area contributed by atoms with Gasteiger partial charge < -0.3 is 4.42 Å². The Balaban J connectivity index is 1.52. The molecule has 2 unspecified atom stereocenters. The molecule has 0 bridgehead atoms. The van der Waals surface area contributed by atoms with E-state index in [9.17, 15) is 0 Å². The van der Waals surface area contributed by atoms with Crippen molar-refractivity contribution in [1.82, 2.24) is 0 Å². The number of hydrogen-bond acceptors (Lipinski definition) is 1. The van der Waals surface area contributed by atoms with Gasteiger partial charge in [-0.15, -0.1) is 0 Å². The van der Waals surface area contributed by atoms with E-state index in [0.717, 1.165) is 11.0 Å². The largest absolute Gasteiger partial charge is 0.456 e. The Morgan fingerprint density at radius 3 is 1.26 bits per heavy atom. The van der Waals surface area contributed by atoms with E-state index in [1.807, 2.05) is 0 Å². The van der Waals surface area contributed by atoms with Gasteiger partial charge in [-0.3, -0.25) is 0 Å². The van der Waals surface area contributed by atoms with E-state index in [1.54, 1.807) is 0 Å². The number of para-hydroxylation sites is 1. The van der Waals surface area contributed by atoms with Gasteiger partial charge in [0.1, 0.15) is 11.0 Å². The fourth-order valence-electron chi connectivity index (χ4n) is 5.70. The third-order valence-electron chi connectivity index (χ3n) is 7.41. The third kappa shape index (κ3) is 4.68. The fraction of sp³-hybridized carbons (Fsp3) is 0.0556. The first kappa shape index (κ1) is 24.3. The van der Waals surface area contributed by atoms with Crippen LogP contribution in [0.15, 0.2) is 150 Å². The number of rotatable bonds is 6. The molecule has 0 fully saturated rings. The highest BCUT2D eigenvalue weighted by Crippen LogP contribution is 2.53. The van der Waals surface area contributed by atoms with Gasteiger partial charge in [-0.05, 0) is 49.2 Å². The summed E-state index contributed by atoms with van der Waals surface area (Å²) in [6.07, 6.45) is 5.02. The highest BCUT2D eigenvalue weighted by molar-refractivity contribution is 7.78. The zero-order valence-corrected chi connectivity index (χ0v) is 23.3. The minimum atomic E-state index is -0.706. The monoisotopic (exact) mass is 538 g/mol. The zero-order chi connectivity index (χ0) is 26.0. The lowest BCUT2D eigenvalue weighted by molar-refractivity contribution is 0.572. The fourth-order valence-corrected chi connectivity index (χ4v) is 11.8. The van der Waals surface area contributed by atoms with Crippen LogP contribution in [0.5, 0.6) is 0 Å². The molecule has 0 N–H and O–H groups in total. The summed E-state index contributed by atoms with van der Waals surface area (Å²) in [4.78, 5) is 0. The summed E-state index contributed by atoms with van der Waals surface area (Å²) in [6.45, 7) is 0. The topological polar surface area (TPSA) is 13.1 Å². The van der Waals surface area contributed by atoms with Crippen molar-refractivity contribution >= 4 is 60.2 Å². The van der Waals surface area contributed by atoms with Crippen LogP contribution in [0.3, 0.4) is 0 Å². The maximum atomic E-state index is 6.51. The predicted molar refractivity (Wildman–Crippen MR) is 170 cm³/mol. The van der Waals surface area contributed by atoms with Gasteiger partial charge in [0.05, 0.1) is 0 Å². The summed E-state index contributed by atoms with van der Waals surface area (Å²) in [6, 6.07) is 52.9. The Labute approximate surface area is 231 Å². The second-order valence-corrected chi connectivity index (χ2v) is 14.5. The average molecular weight is 539 g/mol. The van der Waals surface area contributed by atoms with Gasteiger partial charge in [0, 0.05) is 21.9 Å². The molecule has 1 heterocycles. The van der Waals surface area contributed by atoms with Crippen molar-refractivity contribution in [3.63, 3.8) is 0 Å². The molecule has 188 valence electrons. The van der Waals surface area contributed by atoms with Crippen LogP contribution in [0, 0.1) is 0 Å². The second kappa shape index (κ2) is 10.8. The van der Waals surface area contributed by atoms with Crippen LogP contribution in [0.1, 0.15) is 0 Å². The summed E-state index contributed by atoms with van der Waals surface area (Å²) in [5, 5.41) is 8.05. The summed E-state index contributed by atoms with van der Waals surface area (Å²) in [5.74, 6) is 0. The van der Waals surface area contributed by atoms with Crippen molar-refractivity contribution in [1.29, 1.82) is 0 Å². The summed E-state index contributed by atoms with van der Waals surface area (Å²) < 4.78 is 6.51. The van der Waals surface area contributed by atoms with Gasteiger partial charge >= 0.3 is 0 Å². The van der Waals surface area contributed by atoms with Gasteiger partial charge in [-0.1, -0.05) is 146 Å². The molecule has 2 atom stereocenters. The predicted octanol–water partition coefficient (Wildman–Crippen LogP) is 6.01. The van der Waals surface area contributed by atoms with Crippen LogP contribution in [0.4, 0.5) is 0 Å². The molecule has 0 spiro atoms. The Morgan fingerprint density at radius 1 is 0.410 bits per heavy atom. The average Bonchev–Trinajstić information content (AvgIpc) is 3.37. The highest BCUT2D eigenvalue weighted by Gasteiger charge is 2.37. The molecule has 0 aliphatic heterocycles. The van der Waals surface area contributed by atoms with Gasteiger partial charge in [0.2, 0.25) is 0 Å². The minimum absolute atomic E-state index is 0.268. The Kier molecular flexibility index (Phi) is 6.71. The first-order valence-corrected chi connectivity index (χ1v) is 16.2. The van der Waals surface area contributed by atoms with Gasteiger partial charge in [-0.2, -0.15) is 0 Å². The molecule has 0 radical (unpaired) electrons. The Hall–Kier alpha value is -3.76. The number of furan rings is 1. The summed E-state index contributed by atoms with van der Waals surface area (Å²) in [5.41, 5.74) is 2.53. The van der Waals surface area contributed by atoms with E-state index >= 15 is 0 Å². The van der Waals surface area contributed by atoms with E-state index in [2.05, 4.69) is 158 Å². The third-order valence-corrected chi connectivity index (χ3v) is 13.2. The smallest absolute Gasteiger partial charge is 0.135 e. The van der Waals surface area contributed by atoms with Crippen molar-refractivity contribution in [3.05, 3.63) is 156 Å². The maximum Gasteiger partial charge on any atom is 0.135 e. The maximum absolute atomic E-state index is 6.51. The lowest BCUT2D eigenvalue weighted by Crippen LogP contribution is -2.40. The SMILES string of the molecule is C1=c2oc3ccccc3c2=CC(P(c2ccccc2)c2ccccc2)C1P(c1ccccc1)c1ccccc1. The molecule has 7 rings (SSSR count). The van der Waals surface area contributed by atoms with Crippen molar-refractivity contribution in [2.75, 3.05) is 0 Å². The lowest BCUT2D eigenvalue weighted by Gasteiger charge is -2.37. The van der Waals surface area contributed by atoms with E-state index in [1.165, 1.54) is 31.8 Å². The van der Waals surface area contributed by atoms with E-state index in [-0.39, 0.29) is 5.66 Å². The molecular formula is C36H28OP2. The molecule has 0 saturated heterocycles. The van der Waals surface area contributed by atoms with Gasteiger partial charge in [0.25, 0.3) is 0 Å². The lowest BCUT2D eigenvalue weighted by atomic mass is 10.1. The Bertz CT molecular complexity index is 1730. The molecule has 1 aliphatic rings. The molecule has 1 aliphatic carbocycles. The van der Waals surface area contributed by atoms with Gasteiger partial charge in [0.15, 0.2) is 0 Å². The van der Waals surface area contributed by atoms with Crippen molar-refractivity contribution < 1.29 is 4.42 Å². The van der Waals surface area contributed by atoms with Crippen molar-refractivity contribution in [3.8, 4) is 0 Å². The highest BCUT2D eigenvalue weighted by atomic mass is 31.1. The van der Waals surface area contributed by atoms with E-state index < -0.39 is 15.8 Å². The second-order valence-electron chi connectivity index (χ2n) is 9.77. The molecule has 1 nitrogen and oxygen atoms in total. The summed E-state index contributed by atoms with van der Waals surface area (Å²) in [7, 11) is -1.40.